The van der Waals surface area contributed by atoms with Crippen LogP contribution >= 0.6 is 0 Å². The van der Waals surface area contributed by atoms with Crippen molar-refractivity contribution in [3.05, 3.63) is 0 Å². The largest absolute Gasteiger partial charge is 0.471 e. The van der Waals surface area contributed by atoms with Crippen molar-refractivity contribution in [2.75, 3.05) is 0 Å². The van der Waals surface area contributed by atoms with Gasteiger partial charge in [-0.2, -0.15) is 13.2 Å². The van der Waals surface area contributed by atoms with E-state index in [-0.39, 0.29) is 6.42 Å². The highest BCUT2D eigenvalue weighted by Gasteiger charge is 2.39. The van der Waals surface area contributed by atoms with Crippen LogP contribution in [0, 0.1) is 12.3 Å². The molecule has 13 heavy (non-hydrogen) atoms. The summed E-state index contributed by atoms with van der Waals surface area (Å²) in [6.07, 6.45) is 0.566. The lowest BCUT2D eigenvalue weighted by atomic mass is 10.1. The second-order valence-corrected chi connectivity index (χ2v) is 2.48. The Kier molecular flexibility index (Phi) is 4.32. The van der Waals surface area contributed by atoms with Crippen molar-refractivity contribution in [1.82, 2.24) is 5.32 Å². The van der Waals surface area contributed by atoms with E-state index in [9.17, 15) is 18.0 Å². The van der Waals surface area contributed by atoms with E-state index in [1.54, 1.807) is 12.2 Å². The van der Waals surface area contributed by atoms with Gasteiger partial charge in [-0.25, -0.2) is 0 Å². The monoisotopic (exact) mass is 193 g/mol. The average Bonchev–Trinajstić information content (AvgIpc) is 2.01. The van der Waals surface area contributed by atoms with Crippen LogP contribution in [0.1, 0.15) is 19.8 Å². The molecule has 1 atom stereocenters. The summed E-state index contributed by atoms with van der Waals surface area (Å²) < 4.78 is 35.2. The van der Waals surface area contributed by atoms with E-state index in [4.69, 9.17) is 6.42 Å². The third kappa shape index (κ3) is 4.41. The van der Waals surface area contributed by atoms with Crippen LogP contribution in [0.25, 0.3) is 0 Å². The third-order valence-corrected chi connectivity index (χ3v) is 1.45. The lowest BCUT2D eigenvalue weighted by molar-refractivity contribution is -0.174. The summed E-state index contributed by atoms with van der Waals surface area (Å²) in [5.41, 5.74) is 0. The first-order valence-electron chi connectivity index (χ1n) is 3.73. The molecule has 0 aromatic rings. The summed E-state index contributed by atoms with van der Waals surface area (Å²) in [5.74, 6) is 0.258. The fourth-order valence-corrected chi connectivity index (χ4v) is 0.707. The molecule has 1 unspecified atom stereocenters. The number of hydrogen-bond acceptors (Lipinski definition) is 1. The average molecular weight is 193 g/mol. The standard InChI is InChI=1S/C8H10F3NO/c1-3-5-6(4-2)12-7(13)8(9,10)11/h1,6H,4-5H2,2H3,(H,12,13). The van der Waals surface area contributed by atoms with Crippen LogP contribution in [-0.2, 0) is 4.79 Å². The lowest BCUT2D eigenvalue weighted by Crippen LogP contribution is -2.42. The molecule has 5 heteroatoms. The van der Waals surface area contributed by atoms with E-state index in [0.29, 0.717) is 6.42 Å². The van der Waals surface area contributed by atoms with E-state index in [0.717, 1.165) is 0 Å². The van der Waals surface area contributed by atoms with Crippen molar-refractivity contribution in [2.24, 2.45) is 0 Å². The maximum absolute atomic E-state index is 11.7. The van der Waals surface area contributed by atoms with Crippen molar-refractivity contribution in [3.63, 3.8) is 0 Å². The minimum Gasteiger partial charge on any atom is -0.345 e. The zero-order valence-electron chi connectivity index (χ0n) is 7.11. The van der Waals surface area contributed by atoms with Gasteiger partial charge in [0.1, 0.15) is 0 Å². The Labute approximate surface area is 74.5 Å². The van der Waals surface area contributed by atoms with Gasteiger partial charge in [0.2, 0.25) is 0 Å². The number of alkyl halides is 3. The predicted molar refractivity (Wildman–Crippen MR) is 41.7 cm³/mol. The van der Waals surface area contributed by atoms with Gasteiger partial charge in [0.15, 0.2) is 0 Å². The van der Waals surface area contributed by atoms with Crippen molar-refractivity contribution < 1.29 is 18.0 Å². The second-order valence-electron chi connectivity index (χ2n) is 2.48. The molecule has 0 fully saturated rings. The molecule has 0 heterocycles. The molecule has 2 nitrogen and oxygen atoms in total. The molecular formula is C8H10F3NO. The van der Waals surface area contributed by atoms with Crippen LogP contribution in [0.2, 0.25) is 0 Å². The van der Waals surface area contributed by atoms with Gasteiger partial charge in [0.25, 0.3) is 0 Å². The van der Waals surface area contributed by atoms with Crippen LogP contribution in [0.4, 0.5) is 13.2 Å². The van der Waals surface area contributed by atoms with E-state index in [1.165, 1.54) is 0 Å². The number of hydrogen-bond donors (Lipinski definition) is 1. The summed E-state index contributed by atoms with van der Waals surface area (Å²) in [5, 5.41) is 1.80. The third-order valence-electron chi connectivity index (χ3n) is 1.45. The number of halogens is 3. The van der Waals surface area contributed by atoms with Crippen LogP contribution in [-0.4, -0.2) is 18.1 Å². The summed E-state index contributed by atoms with van der Waals surface area (Å²) in [7, 11) is 0. The Morgan fingerprint density at radius 1 is 1.62 bits per heavy atom. The molecule has 0 aliphatic rings. The van der Waals surface area contributed by atoms with Crippen molar-refractivity contribution >= 4 is 5.91 Å². The van der Waals surface area contributed by atoms with E-state index in [1.807, 2.05) is 0 Å². The fourth-order valence-electron chi connectivity index (χ4n) is 0.707. The van der Waals surface area contributed by atoms with Crippen LogP contribution < -0.4 is 5.32 Å². The molecule has 0 saturated heterocycles. The smallest absolute Gasteiger partial charge is 0.345 e. The van der Waals surface area contributed by atoms with E-state index < -0.39 is 18.1 Å². The Bertz CT molecular complexity index is 216. The van der Waals surface area contributed by atoms with Gasteiger partial charge in [-0.15, -0.1) is 12.3 Å². The molecule has 0 aromatic carbocycles. The van der Waals surface area contributed by atoms with E-state index in [2.05, 4.69) is 5.92 Å². The zero-order chi connectivity index (χ0) is 10.5. The quantitative estimate of drug-likeness (QED) is 0.675. The molecule has 0 saturated carbocycles. The molecular weight excluding hydrogens is 183 g/mol. The van der Waals surface area contributed by atoms with Gasteiger partial charge >= 0.3 is 12.1 Å². The van der Waals surface area contributed by atoms with Gasteiger partial charge in [-0.3, -0.25) is 4.79 Å². The molecule has 1 N–H and O–H groups in total. The number of carbonyl (C=O) groups is 1. The van der Waals surface area contributed by atoms with Gasteiger partial charge < -0.3 is 5.32 Å². The first-order valence-corrected chi connectivity index (χ1v) is 3.73. The van der Waals surface area contributed by atoms with Gasteiger partial charge in [0, 0.05) is 12.5 Å². The SMILES string of the molecule is C#CCC(CC)NC(=O)C(F)(F)F. The highest BCUT2D eigenvalue weighted by molar-refractivity contribution is 5.81. The molecule has 0 spiro atoms. The van der Waals surface area contributed by atoms with Gasteiger partial charge in [-0.1, -0.05) is 6.92 Å². The number of amides is 1. The van der Waals surface area contributed by atoms with Crippen LogP contribution in [0.15, 0.2) is 0 Å². The Morgan fingerprint density at radius 3 is 2.46 bits per heavy atom. The van der Waals surface area contributed by atoms with Crippen LogP contribution in [0.3, 0.4) is 0 Å². The first kappa shape index (κ1) is 11.8. The van der Waals surface area contributed by atoms with E-state index >= 15 is 0 Å². The van der Waals surface area contributed by atoms with Crippen molar-refractivity contribution in [1.29, 1.82) is 0 Å². The number of nitrogens with one attached hydrogen (secondary N) is 1. The lowest BCUT2D eigenvalue weighted by Gasteiger charge is -2.15. The van der Waals surface area contributed by atoms with Gasteiger partial charge in [0.05, 0.1) is 0 Å². The zero-order valence-corrected chi connectivity index (χ0v) is 7.11. The van der Waals surface area contributed by atoms with Gasteiger partial charge in [-0.05, 0) is 6.42 Å². The molecule has 0 aliphatic carbocycles. The maximum Gasteiger partial charge on any atom is 0.471 e. The molecule has 74 valence electrons. The molecule has 0 rings (SSSR count). The Morgan fingerprint density at radius 2 is 2.15 bits per heavy atom. The predicted octanol–water partition coefficient (Wildman–Crippen LogP) is 1.47. The molecule has 0 bridgehead atoms. The van der Waals surface area contributed by atoms with Crippen molar-refractivity contribution in [2.45, 2.75) is 32.0 Å². The minimum absolute atomic E-state index is 0.109. The van der Waals surface area contributed by atoms with Crippen LogP contribution in [0.5, 0.6) is 0 Å². The number of carbonyl (C=O) groups excluding carboxylic acids is 1. The summed E-state index contributed by atoms with van der Waals surface area (Å²) in [6, 6.07) is -0.598. The van der Waals surface area contributed by atoms with Crippen molar-refractivity contribution in [3.8, 4) is 12.3 Å². The first-order chi connectivity index (χ1) is 5.91. The topological polar surface area (TPSA) is 29.1 Å². The Balaban J connectivity index is 4.11. The Hall–Kier alpha value is -1.18. The summed E-state index contributed by atoms with van der Waals surface area (Å²) in [4.78, 5) is 10.4. The maximum atomic E-state index is 11.7. The molecule has 0 aliphatic heterocycles. The summed E-state index contributed by atoms with van der Waals surface area (Å²) in [6.45, 7) is 1.65. The normalized spacial score (nSPS) is 13.2. The minimum atomic E-state index is -4.83. The highest BCUT2D eigenvalue weighted by Crippen LogP contribution is 2.15. The number of terminal acetylenes is 1. The summed E-state index contributed by atoms with van der Waals surface area (Å²) >= 11 is 0. The molecule has 0 radical (unpaired) electrons. The molecule has 1 amide bonds. The number of rotatable bonds is 3. The molecule has 0 aromatic heterocycles. The second kappa shape index (κ2) is 4.75. The highest BCUT2D eigenvalue weighted by atomic mass is 19.4. The fraction of sp³-hybridized carbons (Fsp3) is 0.625.